The van der Waals surface area contributed by atoms with Crippen molar-refractivity contribution in [3.63, 3.8) is 0 Å². The summed E-state index contributed by atoms with van der Waals surface area (Å²) < 4.78 is 16.8. The molecule has 0 aliphatic carbocycles. The number of ether oxygens (including phenoxy) is 3. The summed E-state index contributed by atoms with van der Waals surface area (Å²) in [6.45, 7) is 5.13. The quantitative estimate of drug-likeness (QED) is 0.0409. The van der Waals surface area contributed by atoms with E-state index in [1.54, 1.807) is 0 Å². The van der Waals surface area contributed by atoms with Crippen molar-refractivity contribution in [1.29, 1.82) is 0 Å². The SMILES string of the molecule is CCCCC/C=C\C/C=C\CCCCCCCC(=O)O[C@@H]1CO[C@H](COC(=O)CCCCCCC/C=C\C/C=C\CCCCCC)C1. The lowest BCUT2D eigenvalue weighted by atomic mass is 10.1. The van der Waals surface area contributed by atoms with Crippen molar-refractivity contribution < 1.29 is 23.8 Å². The van der Waals surface area contributed by atoms with Gasteiger partial charge in [-0.1, -0.05) is 133 Å². The van der Waals surface area contributed by atoms with E-state index in [2.05, 4.69) is 62.5 Å². The fourth-order valence-electron chi connectivity index (χ4n) is 5.71. The van der Waals surface area contributed by atoms with Gasteiger partial charge in [-0.15, -0.1) is 0 Å². The van der Waals surface area contributed by atoms with Crippen molar-refractivity contribution >= 4 is 11.9 Å². The van der Waals surface area contributed by atoms with E-state index in [1.807, 2.05) is 0 Å². The van der Waals surface area contributed by atoms with Gasteiger partial charge in [0.1, 0.15) is 12.7 Å². The lowest BCUT2D eigenvalue weighted by molar-refractivity contribution is -0.149. The highest BCUT2D eigenvalue weighted by Crippen LogP contribution is 2.19. The van der Waals surface area contributed by atoms with E-state index in [-0.39, 0.29) is 30.8 Å². The Morgan fingerprint density at radius 3 is 1.51 bits per heavy atom. The molecule has 1 aliphatic rings. The summed E-state index contributed by atoms with van der Waals surface area (Å²) in [6, 6.07) is 0. The summed E-state index contributed by atoms with van der Waals surface area (Å²) in [5.41, 5.74) is 0. The van der Waals surface area contributed by atoms with E-state index in [0.717, 1.165) is 64.2 Å². The Labute approximate surface area is 290 Å². The van der Waals surface area contributed by atoms with Crippen molar-refractivity contribution in [2.75, 3.05) is 13.2 Å². The third-order valence-corrected chi connectivity index (χ3v) is 8.68. The topological polar surface area (TPSA) is 61.8 Å². The van der Waals surface area contributed by atoms with Crippen LogP contribution >= 0.6 is 0 Å². The number of carbonyl (C=O) groups is 2. The fourth-order valence-corrected chi connectivity index (χ4v) is 5.71. The molecule has 47 heavy (non-hydrogen) atoms. The van der Waals surface area contributed by atoms with Gasteiger partial charge in [0, 0.05) is 19.3 Å². The highest BCUT2D eigenvalue weighted by atomic mass is 16.6. The first kappa shape index (κ1) is 42.9. The van der Waals surface area contributed by atoms with Crippen LogP contribution in [-0.2, 0) is 23.8 Å². The third-order valence-electron chi connectivity index (χ3n) is 8.68. The first-order valence-electron chi connectivity index (χ1n) is 19.7. The fraction of sp³-hybridized carbons (Fsp3) is 0.762. The first-order valence-corrected chi connectivity index (χ1v) is 19.7. The van der Waals surface area contributed by atoms with Crippen molar-refractivity contribution in [2.24, 2.45) is 0 Å². The van der Waals surface area contributed by atoms with Gasteiger partial charge in [0.25, 0.3) is 0 Å². The summed E-state index contributed by atoms with van der Waals surface area (Å²) in [7, 11) is 0. The summed E-state index contributed by atoms with van der Waals surface area (Å²) in [5, 5.41) is 0. The van der Waals surface area contributed by atoms with Gasteiger partial charge >= 0.3 is 11.9 Å². The standard InChI is InChI=1S/C42H72O5/c1-3-5-7-9-11-13-15-17-19-21-22-24-26-28-30-32-34-41(43)46-37-39-36-40(38-45-39)47-42(44)35-33-31-29-27-25-23-20-18-16-14-12-10-8-6-4-2/h12-15,18-21,39-40H,3-11,16-17,22-38H2,1-2H3/b14-12-,15-13-,20-18-,21-19-/t39-,40-/m0/s1. The maximum absolute atomic E-state index is 12.3. The Balaban J connectivity index is 1.90. The molecule has 0 saturated carbocycles. The van der Waals surface area contributed by atoms with E-state index in [0.29, 0.717) is 25.9 Å². The van der Waals surface area contributed by atoms with Crippen molar-refractivity contribution in [1.82, 2.24) is 0 Å². The molecule has 2 atom stereocenters. The second-order valence-corrected chi connectivity index (χ2v) is 13.3. The second-order valence-electron chi connectivity index (χ2n) is 13.3. The van der Waals surface area contributed by atoms with Gasteiger partial charge < -0.3 is 14.2 Å². The molecule has 0 bridgehead atoms. The van der Waals surface area contributed by atoms with Crippen LogP contribution in [0.4, 0.5) is 0 Å². The van der Waals surface area contributed by atoms with Crippen molar-refractivity contribution in [2.45, 2.75) is 193 Å². The molecule has 0 aromatic heterocycles. The molecule has 1 heterocycles. The molecule has 0 amide bonds. The van der Waals surface area contributed by atoms with E-state index in [9.17, 15) is 9.59 Å². The molecule has 270 valence electrons. The van der Waals surface area contributed by atoms with Crippen LogP contribution in [0, 0.1) is 0 Å². The molecule has 0 aromatic carbocycles. The van der Waals surface area contributed by atoms with Gasteiger partial charge in [-0.3, -0.25) is 9.59 Å². The average molecular weight is 657 g/mol. The Bertz CT molecular complexity index is 842. The predicted molar refractivity (Wildman–Crippen MR) is 199 cm³/mol. The highest BCUT2D eigenvalue weighted by Gasteiger charge is 2.29. The van der Waals surface area contributed by atoms with E-state index in [1.165, 1.54) is 83.5 Å². The molecule has 1 fully saturated rings. The summed E-state index contributed by atoms with van der Waals surface area (Å²) >= 11 is 0. The van der Waals surface area contributed by atoms with Crippen LogP contribution in [0.15, 0.2) is 48.6 Å². The molecule has 1 saturated heterocycles. The predicted octanol–water partition coefficient (Wildman–Crippen LogP) is 12.2. The lowest BCUT2D eigenvalue weighted by Gasteiger charge is -2.11. The minimum atomic E-state index is -0.226. The molecule has 5 heteroatoms. The number of hydrogen-bond acceptors (Lipinski definition) is 5. The minimum Gasteiger partial charge on any atom is -0.463 e. The number of carbonyl (C=O) groups excluding carboxylic acids is 2. The summed E-state index contributed by atoms with van der Waals surface area (Å²) in [6.07, 6.45) is 46.5. The highest BCUT2D eigenvalue weighted by molar-refractivity contribution is 5.69. The largest absolute Gasteiger partial charge is 0.463 e. The molecule has 0 aromatic rings. The summed E-state index contributed by atoms with van der Waals surface area (Å²) in [5.74, 6) is -0.296. The minimum absolute atomic E-state index is 0.140. The van der Waals surface area contributed by atoms with Crippen LogP contribution < -0.4 is 0 Å². The third kappa shape index (κ3) is 29.7. The van der Waals surface area contributed by atoms with Crippen LogP contribution in [0.5, 0.6) is 0 Å². The van der Waals surface area contributed by atoms with Crippen LogP contribution in [0.1, 0.15) is 181 Å². The molecule has 5 nitrogen and oxygen atoms in total. The van der Waals surface area contributed by atoms with E-state index < -0.39 is 0 Å². The van der Waals surface area contributed by atoms with Gasteiger partial charge in [0.15, 0.2) is 0 Å². The first-order chi connectivity index (χ1) is 23.2. The van der Waals surface area contributed by atoms with Crippen LogP contribution in [0.25, 0.3) is 0 Å². The molecule has 1 rings (SSSR count). The number of allylic oxidation sites excluding steroid dienone is 8. The number of unbranched alkanes of at least 4 members (excludes halogenated alkanes) is 17. The maximum Gasteiger partial charge on any atom is 0.306 e. The van der Waals surface area contributed by atoms with E-state index in [4.69, 9.17) is 14.2 Å². The zero-order valence-electron chi connectivity index (χ0n) is 30.6. The van der Waals surface area contributed by atoms with Gasteiger partial charge in [-0.05, 0) is 77.0 Å². The average Bonchev–Trinajstić information content (AvgIpc) is 3.52. The maximum atomic E-state index is 12.3. The zero-order valence-corrected chi connectivity index (χ0v) is 30.6. The van der Waals surface area contributed by atoms with Gasteiger partial charge in [0.2, 0.25) is 0 Å². The molecule has 0 radical (unpaired) electrons. The Morgan fingerprint density at radius 1 is 0.553 bits per heavy atom. The van der Waals surface area contributed by atoms with Crippen LogP contribution in [0.2, 0.25) is 0 Å². The normalized spacial score (nSPS) is 16.8. The second kappa shape index (κ2) is 33.7. The van der Waals surface area contributed by atoms with Crippen LogP contribution in [-0.4, -0.2) is 37.4 Å². The molecular weight excluding hydrogens is 584 g/mol. The molecule has 0 N–H and O–H groups in total. The molecule has 1 aliphatic heterocycles. The Hall–Kier alpha value is -2.14. The van der Waals surface area contributed by atoms with Crippen molar-refractivity contribution in [3.05, 3.63) is 48.6 Å². The molecular formula is C42H72O5. The summed E-state index contributed by atoms with van der Waals surface area (Å²) in [4.78, 5) is 24.4. The number of hydrogen-bond donors (Lipinski definition) is 0. The van der Waals surface area contributed by atoms with Crippen LogP contribution in [0.3, 0.4) is 0 Å². The van der Waals surface area contributed by atoms with Gasteiger partial charge in [0.05, 0.1) is 12.7 Å². The monoisotopic (exact) mass is 657 g/mol. The van der Waals surface area contributed by atoms with Crippen molar-refractivity contribution in [3.8, 4) is 0 Å². The van der Waals surface area contributed by atoms with Gasteiger partial charge in [-0.2, -0.15) is 0 Å². The number of rotatable bonds is 32. The van der Waals surface area contributed by atoms with Gasteiger partial charge in [-0.25, -0.2) is 0 Å². The smallest absolute Gasteiger partial charge is 0.306 e. The Morgan fingerprint density at radius 2 is 0.979 bits per heavy atom. The lowest BCUT2D eigenvalue weighted by Crippen LogP contribution is -2.20. The Kier molecular flexibility index (Phi) is 30.8. The molecule has 0 unspecified atom stereocenters. The molecule has 0 spiro atoms. The van der Waals surface area contributed by atoms with E-state index >= 15 is 0 Å². The number of esters is 2. The zero-order chi connectivity index (χ0) is 33.9.